The van der Waals surface area contributed by atoms with Crippen molar-refractivity contribution < 1.29 is 4.74 Å². The minimum absolute atomic E-state index is 0.702. The molecule has 0 bridgehead atoms. The molecule has 3 nitrogen and oxygen atoms in total. The fourth-order valence-corrected chi connectivity index (χ4v) is 1.91. The summed E-state index contributed by atoms with van der Waals surface area (Å²) in [5.74, 6) is 0.770. The van der Waals surface area contributed by atoms with Gasteiger partial charge in [-0.25, -0.2) is 4.99 Å². The summed E-state index contributed by atoms with van der Waals surface area (Å²) in [4.78, 5) is 7.56. The molecule has 0 saturated heterocycles. The molecule has 0 fully saturated rings. The first-order chi connectivity index (χ1) is 7.34. The zero-order valence-electron chi connectivity index (χ0n) is 8.58. The average molecular weight is 200 g/mol. The molecule has 76 valence electrons. The van der Waals surface area contributed by atoms with Crippen LogP contribution in [0.5, 0.6) is 0 Å². The molecule has 1 aromatic heterocycles. The summed E-state index contributed by atoms with van der Waals surface area (Å²) >= 11 is 0. The molecule has 0 atom stereocenters. The summed E-state index contributed by atoms with van der Waals surface area (Å²) < 4.78 is 5.48. The first kappa shape index (κ1) is 8.53. The number of rotatable bonds is 1. The maximum absolute atomic E-state index is 5.48. The Morgan fingerprint density at radius 2 is 2.33 bits per heavy atom. The predicted molar refractivity (Wildman–Crippen MR) is 60.4 cm³/mol. The summed E-state index contributed by atoms with van der Waals surface area (Å²) in [6.07, 6.45) is 1.97. The minimum atomic E-state index is 0.702. The van der Waals surface area contributed by atoms with Crippen LogP contribution in [0.4, 0.5) is 0 Å². The van der Waals surface area contributed by atoms with E-state index in [0.29, 0.717) is 6.61 Å². The Kier molecular flexibility index (Phi) is 1.78. The molecule has 15 heavy (non-hydrogen) atoms. The van der Waals surface area contributed by atoms with Crippen molar-refractivity contribution in [3.8, 4) is 0 Å². The lowest BCUT2D eigenvalue weighted by Crippen LogP contribution is -1.99. The number of aromatic nitrogens is 1. The van der Waals surface area contributed by atoms with Gasteiger partial charge in [0.15, 0.2) is 0 Å². The van der Waals surface area contributed by atoms with Crippen molar-refractivity contribution in [2.45, 2.75) is 6.92 Å². The Balaban J connectivity index is 2.22. The van der Waals surface area contributed by atoms with Gasteiger partial charge in [-0.05, 0) is 19.1 Å². The van der Waals surface area contributed by atoms with Gasteiger partial charge in [0.05, 0.1) is 12.1 Å². The highest BCUT2D eigenvalue weighted by Gasteiger charge is 2.14. The maximum atomic E-state index is 5.48. The number of nitrogens with one attached hydrogen (secondary N) is 1. The molecule has 0 spiro atoms. The lowest BCUT2D eigenvalue weighted by molar-refractivity contribution is 0.348. The first-order valence-electron chi connectivity index (χ1n) is 5.10. The van der Waals surface area contributed by atoms with Crippen molar-refractivity contribution in [1.29, 1.82) is 0 Å². The van der Waals surface area contributed by atoms with Gasteiger partial charge < -0.3 is 9.72 Å². The van der Waals surface area contributed by atoms with E-state index in [-0.39, 0.29) is 0 Å². The number of fused-ring (bicyclic) bond motifs is 1. The van der Waals surface area contributed by atoms with Gasteiger partial charge in [0.2, 0.25) is 5.90 Å². The van der Waals surface area contributed by atoms with Crippen LogP contribution in [-0.2, 0) is 4.74 Å². The van der Waals surface area contributed by atoms with E-state index in [2.05, 4.69) is 35.1 Å². The van der Waals surface area contributed by atoms with Gasteiger partial charge in [0.1, 0.15) is 6.61 Å². The molecular formula is C12H12N2O. The number of hydrogen-bond acceptors (Lipinski definition) is 2. The number of H-pyrrole nitrogens is 1. The molecule has 2 aromatic rings. The molecule has 1 aromatic carbocycles. The number of benzene rings is 1. The van der Waals surface area contributed by atoms with Gasteiger partial charge >= 0.3 is 0 Å². The second-order valence-corrected chi connectivity index (χ2v) is 3.79. The quantitative estimate of drug-likeness (QED) is 0.753. The average Bonchev–Trinajstić information content (AvgIpc) is 2.83. The number of aliphatic imine (C=N–C) groups is 1. The van der Waals surface area contributed by atoms with Gasteiger partial charge in [-0.1, -0.05) is 11.6 Å². The SMILES string of the molecule is Cc1ccc2[nH]cc(C3=NCCO3)c2c1. The summed E-state index contributed by atoms with van der Waals surface area (Å²) in [6, 6.07) is 6.34. The van der Waals surface area contributed by atoms with E-state index in [9.17, 15) is 0 Å². The highest BCUT2D eigenvalue weighted by Crippen LogP contribution is 2.21. The van der Waals surface area contributed by atoms with Gasteiger partial charge in [-0.2, -0.15) is 0 Å². The standard InChI is InChI=1S/C12H12N2O/c1-8-2-3-11-9(6-8)10(7-14-11)12-13-4-5-15-12/h2-3,6-7,14H,4-5H2,1H3. The molecule has 0 amide bonds. The topological polar surface area (TPSA) is 37.4 Å². The molecule has 1 N–H and O–H groups in total. The van der Waals surface area contributed by atoms with Crippen LogP contribution in [0.1, 0.15) is 11.1 Å². The fraction of sp³-hybridized carbons (Fsp3) is 0.250. The second kappa shape index (κ2) is 3.12. The van der Waals surface area contributed by atoms with Crippen molar-refractivity contribution in [1.82, 2.24) is 4.98 Å². The Hall–Kier alpha value is -1.77. The second-order valence-electron chi connectivity index (χ2n) is 3.79. The third-order valence-corrected chi connectivity index (χ3v) is 2.65. The molecule has 2 heterocycles. The van der Waals surface area contributed by atoms with Crippen LogP contribution in [-0.4, -0.2) is 24.0 Å². The van der Waals surface area contributed by atoms with E-state index in [0.717, 1.165) is 23.5 Å². The highest BCUT2D eigenvalue weighted by molar-refractivity contribution is 6.07. The van der Waals surface area contributed by atoms with Crippen LogP contribution in [0.15, 0.2) is 29.4 Å². The van der Waals surface area contributed by atoms with Crippen LogP contribution >= 0.6 is 0 Å². The third kappa shape index (κ3) is 1.31. The number of ether oxygens (including phenoxy) is 1. The molecule has 3 heteroatoms. The van der Waals surface area contributed by atoms with E-state index in [4.69, 9.17) is 4.74 Å². The lowest BCUT2D eigenvalue weighted by Gasteiger charge is -1.99. The van der Waals surface area contributed by atoms with Gasteiger partial charge in [-0.3, -0.25) is 0 Å². The third-order valence-electron chi connectivity index (χ3n) is 2.65. The summed E-state index contributed by atoms with van der Waals surface area (Å²) in [7, 11) is 0. The largest absolute Gasteiger partial charge is 0.475 e. The van der Waals surface area contributed by atoms with E-state index in [1.54, 1.807) is 0 Å². The van der Waals surface area contributed by atoms with Crippen LogP contribution in [0.2, 0.25) is 0 Å². The summed E-state index contributed by atoms with van der Waals surface area (Å²) in [6.45, 7) is 3.56. The number of aromatic amines is 1. The molecule has 1 aliphatic heterocycles. The Morgan fingerprint density at radius 3 is 3.13 bits per heavy atom. The number of nitrogens with zero attached hydrogens (tertiary/aromatic N) is 1. The van der Waals surface area contributed by atoms with Gasteiger partial charge in [-0.15, -0.1) is 0 Å². The Bertz CT molecular complexity index is 540. The predicted octanol–water partition coefficient (Wildman–Crippen LogP) is 2.25. The maximum Gasteiger partial charge on any atom is 0.218 e. The van der Waals surface area contributed by atoms with Crippen LogP contribution in [0, 0.1) is 6.92 Å². The van der Waals surface area contributed by atoms with Crippen LogP contribution in [0.3, 0.4) is 0 Å². The number of hydrogen-bond donors (Lipinski definition) is 1. The Labute approximate surface area is 87.8 Å². The van der Waals surface area contributed by atoms with Crippen molar-refractivity contribution in [3.63, 3.8) is 0 Å². The Morgan fingerprint density at radius 1 is 1.40 bits per heavy atom. The van der Waals surface area contributed by atoms with Crippen molar-refractivity contribution in [2.75, 3.05) is 13.2 Å². The lowest BCUT2D eigenvalue weighted by atomic mass is 10.1. The highest BCUT2D eigenvalue weighted by atomic mass is 16.5. The zero-order chi connectivity index (χ0) is 10.3. The molecule has 1 aliphatic rings. The summed E-state index contributed by atoms with van der Waals surface area (Å²) in [5, 5.41) is 1.19. The normalized spacial score (nSPS) is 15.4. The fourth-order valence-electron chi connectivity index (χ4n) is 1.91. The minimum Gasteiger partial charge on any atom is -0.475 e. The van der Waals surface area contributed by atoms with Crippen LogP contribution < -0.4 is 0 Å². The molecule has 3 rings (SSSR count). The molecular weight excluding hydrogens is 188 g/mol. The van der Waals surface area contributed by atoms with E-state index >= 15 is 0 Å². The van der Waals surface area contributed by atoms with Crippen molar-refractivity contribution in [2.24, 2.45) is 4.99 Å². The molecule has 0 radical (unpaired) electrons. The molecule has 0 unspecified atom stereocenters. The molecule has 0 aliphatic carbocycles. The monoisotopic (exact) mass is 200 g/mol. The first-order valence-corrected chi connectivity index (χ1v) is 5.10. The van der Waals surface area contributed by atoms with E-state index in [1.807, 2.05) is 6.20 Å². The zero-order valence-corrected chi connectivity index (χ0v) is 8.58. The van der Waals surface area contributed by atoms with E-state index in [1.165, 1.54) is 10.9 Å². The summed E-state index contributed by atoms with van der Waals surface area (Å²) in [5.41, 5.74) is 3.46. The van der Waals surface area contributed by atoms with Gasteiger partial charge in [0, 0.05) is 17.1 Å². The van der Waals surface area contributed by atoms with E-state index < -0.39 is 0 Å². The molecule has 0 saturated carbocycles. The van der Waals surface area contributed by atoms with Crippen molar-refractivity contribution >= 4 is 16.8 Å². The van der Waals surface area contributed by atoms with Crippen LogP contribution in [0.25, 0.3) is 10.9 Å². The van der Waals surface area contributed by atoms with Gasteiger partial charge in [0.25, 0.3) is 0 Å². The smallest absolute Gasteiger partial charge is 0.218 e. The number of aryl methyl sites for hydroxylation is 1. The van der Waals surface area contributed by atoms with Crippen molar-refractivity contribution in [3.05, 3.63) is 35.5 Å².